The molecule has 2 aliphatic heterocycles. The topological polar surface area (TPSA) is 62.2 Å². The zero-order chi connectivity index (χ0) is 22.6. The lowest BCUT2D eigenvalue weighted by Crippen LogP contribution is -2.62. The smallest absolute Gasteiger partial charge is 0.446 e. The fraction of sp³-hybridized carbons (Fsp3) is 0.696. The molecule has 1 N–H and O–H groups in total. The van der Waals surface area contributed by atoms with E-state index in [0.717, 1.165) is 64.1 Å². The van der Waals surface area contributed by atoms with Gasteiger partial charge in [-0.05, 0) is 43.9 Å². The number of halogens is 2. The number of hydrogen-bond donors (Lipinski definition) is 1. The molecule has 9 heteroatoms. The number of hydroxylamine groups is 3. The van der Waals surface area contributed by atoms with E-state index < -0.39 is 6.16 Å². The molecule has 0 bridgehead atoms. The molecule has 3 fully saturated rings. The first-order chi connectivity index (χ1) is 15.5. The van der Waals surface area contributed by atoms with E-state index in [0.29, 0.717) is 42.3 Å². The molecule has 3 aliphatic rings. The van der Waals surface area contributed by atoms with Crippen LogP contribution in [0.2, 0.25) is 10.0 Å². The van der Waals surface area contributed by atoms with Gasteiger partial charge in [0.25, 0.3) is 0 Å². The summed E-state index contributed by atoms with van der Waals surface area (Å²) in [4.78, 5) is 21.6. The van der Waals surface area contributed by atoms with Crippen molar-refractivity contribution in [3.05, 3.63) is 28.2 Å². The lowest BCUT2D eigenvalue weighted by Gasteiger charge is -2.44. The third kappa shape index (κ3) is 5.62. The Labute approximate surface area is 200 Å². The number of rotatable bonds is 6. The number of hydrogen-bond acceptors (Lipinski definition) is 5. The van der Waals surface area contributed by atoms with E-state index in [4.69, 9.17) is 32.8 Å². The molecule has 1 aromatic rings. The molecule has 4 rings (SSSR count). The fourth-order valence-electron chi connectivity index (χ4n) is 5.56. The molecule has 1 saturated carbocycles. The molecule has 2 saturated heterocycles. The van der Waals surface area contributed by atoms with Crippen molar-refractivity contribution in [2.75, 3.05) is 63.9 Å². The van der Waals surface area contributed by atoms with E-state index in [1.165, 1.54) is 6.42 Å². The van der Waals surface area contributed by atoms with Gasteiger partial charge in [0.2, 0.25) is 0 Å². The van der Waals surface area contributed by atoms with Gasteiger partial charge in [-0.15, -0.1) is 4.65 Å². The van der Waals surface area contributed by atoms with Crippen molar-refractivity contribution in [1.29, 1.82) is 0 Å². The lowest BCUT2D eigenvalue weighted by atomic mass is 9.83. The van der Waals surface area contributed by atoms with Gasteiger partial charge in [-0.1, -0.05) is 29.3 Å². The van der Waals surface area contributed by atoms with Crippen molar-refractivity contribution >= 4 is 35.0 Å². The zero-order valence-corrected chi connectivity index (χ0v) is 20.1. The van der Waals surface area contributed by atoms with Gasteiger partial charge < -0.3 is 14.7 Å². The van der Waals surface area contributed by atoms with Crippen molar-refractivity contribution in [1.82, 2.24) is 4.90 Å². The molecule has 1 aliphatic carbocycles. The van der Waals surface area contributed by atoms with E-state index in [-0.39, 0.29) is 10.7 Å². The monoisotopic (exact) mass is 486 g/mol. The molecule has 0 aromatic heterocycles. The van der Waals surface area contributed by atoms with Gasteiger partial charge in [-0.2, -0.15) is 4.79 Å². The second-order valence-corrected chi connectivity index (χ2v) is 10.0. The Bertz CT molecular complexity index is 775. The minimum atomic E-state index is -1.17. The van der Waals surface area contributed by atoms with Gasteiger partial charge >= 0.3 is 6.16 Å². The summed E-state index contributed by atoms with van der Waals surface area (Å²) in [5, 5.41) is 10.5. The van der Waals surface area contributed by atoms with Crippen molar-refractivity contribution in [2.24, 2.45) is 5.92 Å². The highest BCUT2D eigenvalue weighted by molar-refractivity contribution is 6.43. The first-order valence-electron chi connectivity index (χ1n) is 11.8. The second-order valence-electron chi connectivity index (χ2n) is 9.23. The number of carboxylic acid groups (broad SMARTS) is 1. The van der Waals surface area contributed by atoms with Crippen LogP contribution in [0.3, 0.4) is 0 Å². The lowest BCUT2D eigenvalue weighted by molar-refractivity contribution is -1.11. The zero-order valence-electron chi connectivity index (χ0n) is 18.6. The average Bonchev–Trinajstić information content (AvgIpc) is 2.80. The Hall–Kier alpha value is -1.25. The number of quaternary nitrogens is 1. The quantitative estimate of drug-likeness (QED) is 0.596. The molecule has 0 radical (unpaired) electrons. The minimum absolute atomic E-state index is 0.232. The summed E-state index contributed by atoms with van der Waals surface area (Å²) in [6, 6.07) is 6.09. The summed E-state index contributed by atoms with van der Waals surface area (Å²) in [5.41, 5.74) is 1.03. The largest absolute Gasteiger partial charge is 0.557 e. The Morgan fingerprint density at radius 3 is 2.44 bits per heavy atom. The van der Waals surface area contributed by atoms with Gasteiger partial charge in [0.15, 0.2) is 0 Å². The number of piperazine rings is 1. The summed E-state index contributed by atoms with van der Waals surface area (Å²) < 4.78 is 5.69. The third-order valence-corrected chi connectivity index (χ3v) is 8.28. The Balaban J connectivity index is 1.21. The maximum atomic E-state index is 11.3. The summed E-state index contributed by atoms with van der Waals surface area (Å²) in [7, 11) is 0. The highest BCUT2D eigenvalue weighted by Crippen LogP contribution is 2.35. The van der Waals surface area contributed by atoms with Gasteiger partial charge in [-0.3, -0.25) is 4.90 Å². The number of nitrogens with zero attached hydrogens (tertiary/aromatic N) is 3. The number of carbonyl (C=O) groups is 1. The molecule has 7 nitrogen and oxygen atoms in total. The maximum Gasteiger partial charge on any atom is 0.557 e. The van der Waals surface area contributed by atoms with E-state index in [1.807, 2.05) is 18.2 Å². The van der Waals surface area contributed by atoms with Crippen LogP contribution < -0.4 is 4.90 Å². The predicted molar refractivity (Wildman–Crippen MR) is 125 cm³/mol. The minimum Gasteiger partial charge on any atom is -0.446 e. The Kier molecular flexibility index (Phi) is 8.05. The molecule has 32 heavy (non-hydrogen) atoms. The normalized spacial score (nSPS) is 26.6. The van der Waals surface area contributed by atoms with Gasteiger partial charge in [-0.25, -0.2) is 4.84 Å². The van der Waals surface area contributed by atoms with Gasteiger partial charge in [0.1, 0.15) is 19.1 Å². The molecule has 1 aromatic carbocycles. The highest BCUT2D eigenvalue weighted by atomic mass is 35.5. The fourth-order valence-corrected chi connectivity index (χ4v) is 5.97. The molecule has 0 spiro atoms. The highest BCUT2D eigenvalue weighted by Gasteiger charge is 2.45. The summed E-state index contributed by atoms with van der Waals surface area (Å²) in [5.74, 6) is 0.706. The third-order valence-electron chi connectivity index (χ3n) is 7.47. The SMILES string of the molecule is O=C(O)O[N+]1(C2CCC(CCN3CCN(c4cccc(Cl)c4Cl)CC3)CC2)CCOCC1. The van der Waals surface area contributed by atoms with Crippen molar-refractivity contribution in [3.63, 3.8) is 0 Å². The summed E-state index contributed by atoms with van der Waals surface area (Å²) in [6.07, 6.45) is 4.37. The second kappa shape index (κ2) is 10.8. The first kappa shape index (κ1) is 23.9. The van der Waals surface area contributed by atoms with Gasteiger partial charge in [0, 0.05) is 39.0 Å². The van der Waals surface area contributed by atoms with Crippen LogP contribution in [-0.2, 0) is 9.57 Å². The van der Waals surface area contributed by atoms with Crippen LogP contribution in [0.15, 0.2) is 18.2 Å². The molecule has 0 amide bonds. The average molecular weight is 487 g/mol. The maximum absolute atomic E-state index is 11.3. The number of benzene rings is 1. The molecular formula is C23H34Cl2N3O4+. The van der Waals surface area contributed by atoms with E-state index >= 15 is 0 Å². The standard InChI is InChI=1S/C23H33Cl2N3O4/c24-20-2-1-3-21(22(20)25)27-12-10-26(11-13-27)9-8-18-4-6-19(7-5-18)28(32-23(29)30)14-16-31-17-15-28/h1-3,18-19H,4-17H2/p+1. The van der Waals surface area contributed by atoms with E-state index in [2.05, 4.69) is 9.80 Å². The van der Waals surface area contributed by atoms with Crippen molar-refractivity contribution < 1.29 is 24.1 Å². The summed E-state index contributed by atoms with van der Waals surface area (Å²) in [6.45, 7) is 7.49. The van der Waals surface area contributed by atoms with Crippen molar-refractivity contribution in [3.8, 4) is 0 Å². The molecule has 0 unspecified atom stereocenters. The predicted octanol–water partition coefficient (Wildman–Crippen LogP) is 4.52. The van der Waals surface area contributed by atoms with Gasteiger partial charge in [0.05, 0.1) is 28.9 Å². The number of anilines is 1. The van der Waals surface area contributed by atoms with Crippen LogP contribution >= 0.6 is 23.2 Å². The molecular weight excluding hydrogens is 453 g/mol. The number of ether oxygens (including phenoxy) is 1. The van der Waals surface area contributed by atoms with Crippen LogP contribution in [0.1, 0.15) is 32.1 Å². The van der Waals surface area contributed by atoms with Crippen molar-refractivity contribution in [2.45, 2.75) is 38.1 Å². The number of morpholine rings is 1. The Morgan fingerprint density at radius 2 is 1.78 bits per heavy atom. The summed E-state index contributed by atoms with van der Waals surface area (Å²) >= 11 is 12.6. The van der Waals surface area contributed by atoms with Crippen LogP contribution in [-0.4, -0.2) is 85.9 Å². The Morgan fingerprint density at radius 1 is 1.09 bits per heavy atom. The first-order valence-corrected chi connectivity index (χ1v) is 12.5. The van der Waals surface area contributed by atoms with Crippen LogP contribution in [0.4, 0.5) is 10.5 Å². The van der Waals surface area contributed by atoms with Crippen LogP contribution in [0.25, 0.3) is 0 Å². The molecule has 2 heterocycles. The molecule has 0 atom stereocenters. The van der Waals surface area contributed by atoms with E-state index in [9.17, 15) is 9.90 Å². The van der Waals surface area contributed by atoms with E-state index in [1.54, 1.807) is 0 Å². The van der Waals surface area contributed by atoms with Crippen LogP contribution in [0, 0.1) is 5.92 Å². The molecule has 178 valence electrons. The van der Waals surface area contributed by atoms with Crippen LogP contribution in [0.5, 0.6) is 0 Å².